The van der Waals surface area contributed by atoms with Crippen molar-refractivity contribution in [3.63, 3.8) is 0 Å². The predicted molar refractivity (Wildman–Crippen MR) is 100.0 cm³/mol. The topological polar surface area (TPSA) is 75.1 Å². The minimum absolute atomic E-state index is 0.365. The molecule has 0 fully saturated rings. The minimum atomic E-state index is -0.859. The molecule has 3 N–H and O–H groups in total. The summed E-state index contributed by atoms with van der Waals surface area (Å²) in [5, 5.41) is 17.5. The van der Waals surface area contributed by atoms with Gasteiger partial charge in [0.05, 0.1) is 19.8 Å². The SMILES string of the molecule is CCNC(=NCC1(O)CCc2ccccc21)NCCCOCCOC. The van der Waals surface area contributed by atoms with Gasteiger partial charge in [-0.1, -0.05) is 24.3 Å². The molecule has 0 radical (unpaired) electrons. The van der Waals surface area contributed by atoms with Crippen molar-refractivity contribution in [2.24, 2.45) is 4.99 Å². The van der Waals surface area contributed by atoms with Crippen LogP contribution in [0, 0.1) is 0 Å². The summed E-state index contributed by atoms with van der Waals surface area (Å²) in [6.45, 7) is 5.88. The highest BCUT2D eigenvalue weighted by Crippen LogP contribution is 2.36. The Morgan fingerprint density at radius 2 is 2.08 bits per heavy atom. The van der Waals surface area contributed by atoms with E-state index in [2.05, 4.69) is 21.7 Å². The van der Waals surface area contributed by atoms with Crippen molar-refractivity contribution >= 4 is 5.96 Å². The average molecular weight is 349 g/mol. The summed E-state index contributed by atoms with van der Waals surface area (Å²) in [6, 6.07) is 8.10. The molecule has 6 heteroatoms. The van der Waals surface area contributed by atoms with Gasteiger partial charge in [0.2, 0.25) is 0 Å². The van der Waals surface area contributed by atoms with Gasteiger partial charge in [-0.15, -0.1) is 0 Å². The Balaban J connectivity index is 1.81. The number of nitrogens with one attached hydrogen (secondary N) is 2. The van der Waals surface area contributed by atoms with Crippen molar-refractivity contribution in [3.05, 3.63) is 35.4 Å². The van der Waals surface area contributed by atoms with Gasteiger partial charge in [-0.3, -0.25) is 0 Å². The van der Waals surface area contributed by atoms with E-state index < -0.39 is 5.60 Å². The normalized spacial score (nSPS) is 19.7. The molecule has 2 rings (SSSR count). The van der Waals surface area contributed by atoms with E-state index in [-0.39, 0.29) is 0 Å². The molecule has 0 saturated carbocycles. The van der Waals surface area contributed by atoms with E-state index >= 15 is 0 Å². The van der Waals surface area contributed by atoms with Gasteiger partial charge in [0.25, 0.3) is 0 Å². The van der Waals surface area contributed by atoms with Gasteiger partial charge in [-0.05, 0) is 37.3 Å². The summed E-state index contributed by atoms with van der Waals surface area (Å²) >= 11 is 0. The fraction of sp³-hybridized carbons (Fsp3) is 0.632. The zero-order valence-electron chi connectivity index (χ0n) is 15.4. The van der Waals surface area contributed by atoms with E-state index in [4.69, 9.17) is 9.47 Å². The van der Waals surface area contributed by atoms with Crippen LogP contribution >= 0.6 is 0 Å². The average Bonchev–Trinajstić information content (AvgIpc) is 2.97. The number of aliphatic hydroxyl groups is 1. The lowest BCUT2D eigenvalue weighted by molar-refractivity contribution is 0.0485. The van der Waals surface area contributed by atoms with Crippen molar-refractivity contribution in [1.29, 1.82) is 0 Å². The number of rotatable bonds is 10. The van der Waals surface area contributed by atoms with E-state index in [1.54, 1.807) is 7.11 Å². The van der Waals surface area contributed by atoms with Crippen molar-refractivity contribution in [3.8, 4) is 0 Å². The Morgan fingerprint density at radius 1 is 1.24 bits per heavy atom. The van der Waals surface area contributed by atoms with Crippen LogP contribution in [0.2, 0.25) is 0 Å². The standard InChI is InChI=1S/C19H31N3O3/c1-3-20-18(21-11-6-12-25-14-13-24-2)22-15-19(23)10-9-16-7-4-5-8-17(16)19/h4-5,7-8,23H,3,6,9-15H2,1-2H3,(H2,20,21,22). The van der Waals surface area contributed by atoms with Crippen molar-refractivity contribution in [1.82, 2.24) is 10.6 Å². The second-order valence-electron chi connectivity index (χ2n) is 6.27. The summed E-state index contributed by atoms with van der Waals surface area (Å²) < 4.78 is 10.4. The van der Waals surface area contributed by atoms with E-state index in [0.29, 0.717) is 26.4 Å². The largest absolute Gasteiger partial charge is 0.383 e. The number of fused-ring (bicyclic) bond motifs is 1. The van der Waals surface area contributed by atoms with E-state index in [1.807, 2.05) is 25.1 Å². The first-order chi connectivity index (χ1) is 12.2. The molecule has 0 bridgehead atoms. The van der Waals surface area contributed by atoms with Crippen LogP contribution in [0.15, 0.2) is 29.3 Å². The third-order valence-corrected chi connectivity index (χ3v) is 4.36. The Labute approximate surface area is 150 Å². The highest BCUT2D eigenvalue weighted by Gasteiger charge is 2.36. The van der Waals surface area contributed by atoms with Crippen LogP contribution in [0.1, 0.15) is 30.9 Å². The van der Waals surface area contributed by atoms with E-state index in [1.165, 1.54) is 5.56 Å². The van der Waals surface area contributed by atoms with Crippen LogP contribution in [0.25, 0.3) is 0 Å². The van der Waals surface area contributed by atoms with Gasteiger partial charge < -0.3 is 25.2 Å². The molecule has 1 aromatic rings. The molecular formula is C19H31N3O3. The van der Waals surface area contributed by atoms with Gasteiger partial charge in [-0.2, -0.15) is 0 Å². The maximum Gasteiger partial charge on any atom is 0.191 e. The number of guanidine groups is 1. The molecule has 0 spiro atoms. The van der Waals surface area contributed by atoms with Crippen LogP contribution in [0.5, 0.6) is 0 Å². The molecule has 1 unspecified atom stereocenters. The molecule has 25 heavy (non-hydrogen) atoms. The fourth-order valence-corrected chi connectivity index (χ4v) is 3.01. The molecule has 140 valence electrons. The second kappa shape index (κ2) is 10.4. The summed E-state index contributed by atoms with van der Waals surface area (Å²) in [7, 11) is 1.67. The number of hydrogen-bond acceptors (Lipinski definition) is 4. The first kappa shape index (κ1) is 19.7. The first-order valence-electron chi connectivity index (χ1n) is 9.09. The zero-order valence-corrected chi connectivity index (χ0v) is 15.4. The number of aliphatic imine (C=N–C) groups is 1. The molecule has 1 aliphatic rings. The summed E-state index contributed by atoms with van der Waals surface area (Å²) in [6.07, 6.45) is 2.52. The molecule has 0 aliphatic heterocycles. The van der Waals surface area contributed by atoms with Crippen LogP contribution < -0.4 is 10.6 Å². The monoisotopic (exact) mass is 349 g/mol. The van der Waals surface area contributed by atoms with E-state index in [9.17, 15) is 5.11 Å². The number of aryl methyl sites for hydroxylation is 1. The maximum atomic E-state index is 11.0. The number of benzene rings is 1. The van der Waals surface area contributed by atoms with Crippen LogP contribution in [-0.4, -0.2) is 57.6 Å². The van der Waals surface area contributed by atoms with Gasteiger partial charge in [-0.25, -0.2) is 4.99 Å². The zero-order chi connectivity index (χ0) is 18.0. The van der Waals surface area contributed by atoms with Gasteiger partial charge >= 0.3 is 0 Å². The molecule has 1 aliphatic carbocycles. The lowest BCUT2D eigenvalue weighted by Gasteiger charge is -2.22. The smallest absolute Gasteiger partial charge is 0.191 e. The molecule has 0 aromatic heterocycles. The molecule has 0 saturated heterocycles. The number of ether oxygens (including phenoxy) is 2. The Bertz CT molecular complexity index is 550. The van der Waals surface area contributed by atoms with Crippen LogP contribution in [-0.2, 0) is 21.5 Å². The Hall–Kier alpha value is -1.63. The lowest BCUT2D eigenvalue weighted by Crippen LogP contribution is -2.39. The molecule has 0 heterocycles. The molecule has 1 aromatic carbocycles. The minimum Gasteiger partial charge on any atom is -0.383 e. The number of methoxy groups -OCH3 is 1. The Kier molecular flexibility index (Phi) is 8.18. The highest BCUT2D eigenvalue weighted by atomic mass is 16.5. The summed E-state index contributed by atoms with van der Waals surface area (Å²) in [5.41, 5.74) is 1.38. The summed E-state index contributed by atoms with van der Waals surface area (Å²) in [5.74, 6) is 0.734. The first-order valence-corrected chi connectivity index (χ1v) is 9.09. The number of hydrogen-bond donors (Lipinski definition) is 3. The quantitative estimate of drug-likeness (QED) is 0.338. The Morgan fingerprint density at radius 3 is 2.88 bits per heavy atom. The van der Waals surface area contributed by atoms with Crippen LogP contribution in [0.3, 0.4) is 0 Å². The predicted octanol–water partition coefficient (Wildman–Crippen LogP) is 1.43. The third-order valence-electron chi connectivity index (χ3n) is 4.36. The van der Waals surface area contributed by atoms with E-state index in [0.717, 1.165) is 43.9 Å². The lowest BCUT2D eigenvalue weighted by atomic mass is 9.96. The molecular weight excluding hydrogens is 318 g/mol. The van der Waals surface area contributed by atoms with Crippen molar-refractivity contribution in [2.45, 2.75) is 31.8 Å². The second-order valence-corrected chi connectivity index (χ2v) is 6.27. The highest BCUT2D eigenvalue weighted by molar-refractivity contribution is 5.79. The van der Waals surface area contributed by atoms with Crippen molar-refractivity contribution in [2.75, 3.05) is 46.6 Å². The fourth-order valence-electron chi connectivity index (χ4n) is 3.01. The van der Waals surface area contributed by atoms with Gasteiger partial charge in [0.15, 0.2) is 5.96 Å². The van der Waals surface area contributed by atoms with Crippen LogP contribution in [0.4, 0.5) is 0 Å². The van der Waals surface area contributed by atoms with Gasteiger partial charge in [0.1, 0.15) is 5.60 Å². The summed E-state index contributed by atoms with van der Waals surface area (Å²) in [4.78, 5) is 4.60. The van der Waals surface area contributed by atoms with Gasteiger partial charge in [0, 0.05) is 26.8 Å². The molecule has 6 nitrogen and oxygen atoms in total. The number of nitrogens with zero attached hydrogens (tertiary/aromatic N) is 1. The maximum absolute atomic E-state index is 11.0. The molecule has 0 amide bonds. The third kappa shape index (κ3) is 5.99. The molecule has 1 atom stereocenters. The van der Waals surface area contributed by atoms with Crippen molar-refractivity contribution < 1.29 is 14.6 Å².